The molecule has 0 unspecified atom stereocenters. The van der Waals surface area contributed by atoms with Crippen LogP contribution >= 0.6 is 11.3 Å². The lowest BCUT2D eigenvalue weighted by molar-refractivity contribution is 0.0413. The van der Waals surface area contributed by atoms with Crippen molar-refractivity contribution in [2.75, 3.05) is 13.2 Å². The number of rotatable bonds is 1. The minimum Gasteiger partial charge on any atom is -0.381 e. The van der Waals surface area contributed by atoms with Gasteiger partial charge in [0.1, 0.15) is 0 Å². The number of aromatic nitrogens is 2. The summed E-state index contributed by atoms with van der Waals surface area (Å²) in [5.41, 5.74) is 2.65. The second-order valence-electron chi connectivity index (χ2n) is 4.81. The standard InChI is InChI=1S/C13H14N2OS/c1-2-9(7-16-4-1)12-13-10(3-5-17-13)11-6-14-8-15(11)12/h3,5-6,8-9,12H,1-2,4,7H2/t9-,12-/m0/s1. The highest BCUT2D eigenvalue weighted by Gasteiger charge is 2.36. The smallest absolute Gasteiger partial charge is 0.0957 e. The summed E-state index contributed by atoms with van der Waals surface area (Å²) in [4.78, 5) is 5.79. The molecule has 1 fully saturated rings. The van der Waals surface area contributed by atoms with Crippen LogP contribution in [0.1, 0.15) is 23.8 Å². The normalized spacial score (nSPS) is 26.8. The number of fused-ring (bicyclic) bond motifs is 3. The highest BCUT2D eigenvalue weighted by Crippen LogP contribution is 2.47. The van der Waals surface area contributed by atoms with E-state index in [0.29, 0.717) is 12.0 Å². The van der Waals surface area contributed by atoms with Crippen LogP contribution in [0.4, 0.5) is 0 Å². The lowest BCUT2D eigenvalue weighted by Crippen LogP contribution is -2.26. The van der Waals surface area contributed by atoms with Gasteiger partial charge in [-0.2, -0.15) is 0 Å². The van der Waals surface area contributed by atoms with Crippen LogP contribution in [0.15, 0.2) is 24.0 Å². The average molecular weight is 246 g/mol. The van der Waals surface area contributed by atoms with Gasteiger partial charge in [0.2, 0.25) is 0 Å². The van der Waals surface area contributed by atoms with Gasteiger partial charge >= 0.3 is 0 Å². The SMILES string of the molecule is c1cc2c(s1)[C@H]([C@H]1CCCOC1)n1cncc1-2. The Morgan fingerprint density at radius 1 is 1.47 bits per heavy atom. The van der Waals surface area contributed by atoms with Gasteiger partial charge in [-0.15, -0.1) is 11.3 Å². The molecular weight excluding hydrogens is 232 g/mol. The van der Waals surface area contributed by atoms with E-state index in [1.54, 1.807) is 0 Å². The van der Waals surface area contributed by atoms with Crippen LogP contribution in [0.5, 0.6) is 0 Å². The van der Waals surface area contributed by atoms with Crippen LogP contribution in [-0.4, -0.2) is 22.8 Å². The Bertz CT molecular complexity index is 499. The van der Waals surface area contributed by atoms with Crippen molar-refractivity contribution >= 4 is 11.3 Å². The van der Waals surface area contributed by atoms with E-state index in [4.69, 9.17) is 4.74 Å². The van der Waals surface area contributed by atoms with E-state index >= 15 is 0 Å². The minimum atomic E-state index is 0.461. The van der Waals surface area contributed by atoms with Gasteiger partial charge in [-0.1, -0.05) is 0 Å². The number of nitrogens with zero attached hydrogens (tertiary/aromatic N) is 2. The molecule has 88 valence electrons. The van der Waals surface area contributed by atoms with Crippen molar-refractivity contribution in [2.45, 2.75) is 18.9 Å². The van der Waals surface area contributed by atoms with Gasteiger partial charge < -0.3 is 9.30 Å². The van der Waals surface area contributed by atoms with Gasteiger partial charge in [-0.05, 0) is 24.3 Å². The van der Waals surface area contributed by atoms with E-state index in [2.05, 4.69) is 21.0 Å². The van der Waals surface area contributed by atoms with Crippen LogP contribution in [0.3, 0.4) is 0 Å². The molecule has 0 N–H and O–H groups in total. The maximum Gasteiger partial charge on any atom is 0.0957 e. The highest BCUT2D eigenvalue weighted by molar-refractivity contribution is 7.10. The number of thiophene rings is 1. The first-order valence-corrected chi connectivity index (χ1v) is 7.00. The summed E-state index contributed by atoms with van der Waals surface area (Å²) in [5, 5.41) is 2.19. The molecule has 0 aromatic carbocycles. The quantitative estimate of drug-likeness (QED) is 0.773. The van der Waals surface area contributed by atoms with Crippen LogP contribution in [0.2, 0.25) is 0 Å². The van der Waals surface area contributed by atoms with E-state index in [9.17, 15) is 0 Å². The van der Waals surface area contributed by atoms with Crippen molar-refractivity contribution in [3.63, 3.8) is 0 Å². The van der Waals surface area contributed by atoms with Gasteiger partial charge in [0.15, 0.2) is 0 Å². The fourth-order valence-corrected chi connectivity index (χ4v) is 4.17. The lowest BCUT2D eigenvalue weighted by Gasteiger charge is -2.28. The molecule has 2 aromatic rings. The van der Waals surface area contributed by atoms with Crippen molar-refractivity contribution in [1.82, 2.24) is 9.55 Å². The number of imidazole rings is 1. The van der Waals surface area contributed by atoms with Gasteiger partial charge in [0, 0.05) is 23.0 Å². The Kier molecular flexibility index (Phi) is 2.13. The zero-order valence-corrected chi connectivity index (χ0v) is 10.3. The molecule has 0 bridgehead atoms. The summed E-state index contributed by atoms with van der Waals surface area (Å²) >= 11 is 1.87. The molecule has 0 saturated carbocycles. The molecule has 1 saturated heterocycles. The van der Waals surface area contributed by atoms with Crippen LogP contribution in [0, 0.1) is 5.92 Å². The van der Waals surface area contributed by atoms with E-state index in [1.165, 1.54) is 29.0 Å². The average Bonchev–Trinajstić information content (AvgIpc) is 3.01. The molecule has 0 amide bonds. The molecule has 3 nitrogen and oxygen atoms in total. The maximum absolute atomic E-state index is 5.65. The van der Waals surface area contributed by atoms with Crippen LogP contribution < -0.4 is 0 Å². The third-order valence-corrected chi connectivity index (χ3v) is 4.84. The van der Waals surface area contributed by atoms with Gasteiger partial charge in [-0.3, -0.25) is 0 Å². The van der Waals surface area contributed by atoms with Gasteiger partial charge in [0.05, 0.1) is 30.9 Å². The zero-order valence-electron chi connectivity index (χ0n) is 9.50. The summed E-state index contributed by atoms with van der Waals surface area (Å²) in [6.07, 6.45) is 6.40. The summed E-state index contributed by atoms with van der Waals surface area (Å²) in [6, 6.07) is 2.68. The first kappa shape index (κ1) is 9.85. The molecule has 4 rings (SSSR count). The molecule has 2 atom stereocenters. The molecule has 0 aliphatic carbocycles. The first-order chi connectivity index (χ1) is 8.45. The molecule has 0 spiro atoms. The van der Waals surface area contributed by atoms with Gasteiger partial charge in [-0.25, -0.2) is 4.98 Å². The molecule has 2 aliphatic rings. The Hall–Kier alpha value is -1.13. The maximum atomic E-state index is 5.65. The predicted molar refractivity (Wildman–Crippen MR) is 67.2 cm³/mol. The molecule has 17 heavy (non-hydrogen) atoms. The Morgan fingerprint density at radius 2 is 2.47 bits per heavy atom. The van der Waals surface area contributed by atoms with Crippen molar-refractivity contribution < 1.29 is 4.74 Å². The molecule has 2 aliphatic heterocycles. The minimum absolute atomic E-state index is 0.461. The van der Waals surface area contributed by atoms with E-state index in [1.807, 2.05) is 23.9 Å². The van der Waals surface area contributed by atoms with Crippen molar-refractivity contribution in [2.24, 2.45) is 5.92 Å². The lowest BCUT2D eigenvalue weighted by atomic mass is 9.93. The van der Waals surface area contributed by atoms with Gasteiger partial charge in [0.25, 0.3) is 0 Å². The third kappa shape index (κ3) is 1.34. The Balaban J connectivity index is 1.81. The van der Waals surface area contributed by atoms with Crippen LogP contribution in [0.25, 0.3) is 11.3 Å². The van der Waals surface area contributed by atoms with E-state index < -0.39 is 0 Å². The van der Waals surface area contributed by atoms with E-state index in [-0.39, 0.29) is 0 Å². The molecule has 2 aromatic heterocycles. The third-order valence-electron chi connectivity index (χ3n) is 3.85. The zero-order chi connectivity index (χ0) is 11.2. The summed E-state index contributed by atoms with van der Waals surface area (Å²) < 4.78 is 7.98. The van der Waals surface area contributed by atoms with Crippen molar-refractivity contribution in [1.29, 1.82) is 0 Å². The largest absolute Gasteiger partial charge is 0.381 e. The van der Waals surface area contributed by atoms with Crippen LogP contribution in [-0.2, 0) is 4.74 Å². The molecule has 0 radical (unpaired) electrons. The predicted octanol–water partition coefficient (Wildman–Crippen LogP) is 2.94. The number of ether oxygens (including phenoxy) is 1. The van der Waals surface area contributed by atoms with Crippen molar-refractivity contribution in [3.05, 3.63) is 28.8 Å². The number of hydrogen-bond acceptors (Lipinski definition) is 3. The van der Waals surface area contributed by atoms with E-state index in [0.717, 1.165) is 13.2 Å². The molecule has 4 heteroatoms. The molecular formula is C13H14N2OS. The first-order valence-electron chi connectivity index (χ1n) is 6.12. The number of hydrogen-bond donors (Lipinski definition) is 0. The monoisotopic (exact) mass is 246 g/mol. The summed E-state index contributed by atoms with van der Waals surface area (Å²) in [6.45, 7) is 1.82. The summed E-state index contributed by atoms with van der Waals surface area (Å²) in [7, 11) is 0. The second kappa shape index (κ2) is 3.68. The topological polar surface area (TPSA) is 27.1 Å². The Morgan fingerprint density at radius 3 is 3.35 bits per heavy atom. The fraction of sp³-hybridized carbons (Fsp3) is 0.462. The molecule has 4 heterocycles. The van der Waals surface area contributed by atoms with Crippen molar-refractivity contribution in [3.8, 4) is 11.3 Å². The highest BCUT2D eigenvalue weighted by atomic mass is 32.1. The summed E-state index contributed by atoms with van der Waals surface area (Å²) in [5.74, 6) is 0.608. The second-order valence-corrected chi connectivity index (χ2v) is 5.75. The Labute approximate surface area is 104 Å². The fourth-order valence-electron chi connectivity index (χ4n) is 3.08.